The maximum atomic E-state index is 12.0. The van der Waals surface area contributed by atoms with Gasteiger partial charge in [0.1, 0.15) is 0 Å². The fourth-order valence-electron chi connectivity index (χ4n) is 2.96. The molecule has 3 rings (SSSR count). The predicted molar refractivity (Wildman–Crippen MR) is 99.7 cm³/mol. The van der Waals surface area contributed by atoms with Gasteiger partial charge < -0.3 is 10.2 Å². The molecule has 1 amide bonds. The molecule has 1 aliphatic heterocycles. The highest BCUT2D eigenvalue weighted by Gasteiger charge is 2.20. The molecular formula is C18H21N3O3S. The molecule has 25 heavy (non-hydrogen) atoms. The molecule has 0 saturated heterocycles. The molecule has 0 spiro atoms. The number of amides is 1. The topological polar surface area (TPSA) is 78.5 Å². The molecule has 1 aliphatic rings. The van der Waals surface area contributed by atoms with Crippen molar-refractivity contribution in [2.45, 2.75) is 19.4 Å². The van der Waals surface area contributed by atoms with Gasteiger partial charge in [0.25, 0.3) is 0 Å². The maximum Gasteiger partial charge on any atom is 0.242 e. The predicted octanol–water partition coefficient (Wildman–Crippen LogP) is 2.26. The van der Waals surface area contributed by atoms with Gasteiger partial charge in [-0.15, -0.1) is 0 Å². The largest absolute Gasteiger partial charge is 0.341 e. The van der Waals surface area contributed by atoms with Crippen LogP contribution in [0.2, 0.25) is 0 Å². The quantitative estimate of drug-likeness (QED) is 0.858. The van der Waals surface area contributed by atoms with Crippen LogP contribution in [0.4, 0.5) is 17.1 Å². The Labute approximate surface area is 147 Å². The van der Waals surface area contributed by atoms with Gasteiger partial charge in [0.2, 0.25) is 15.9 Å². The Balaban J connectivity index is 1.68. The molecule has 0 aromatic heterocycles. The molecule has 2 N–H and O–H groups in total. The first-order chi connectivity index (χ1) is 11.8. The second kappa shape index (κ2) is 6.85. The first kappa shape index (κ1) is 17.4. The molecule has 0 fully saturated rings. The van der Waals surface area contributed by atoms with Gasteiger partial charge in [0.05, 0.1) is 12.3 Å². The number of carbonyl (C=O) groups excluding carboxylic acids is 1. The van der Waals surface area contributed by atoms with Crippen molar-refractivity contribution in [2.24, 2.45) is 0 Å². The van der Waals surface area contributed by atoms with Gasteiger partial charge in [0.15, 0.2) is 0 Å². The average Bonchev–Trinajstić information content (AvgIpc) is 2.98. The van der Waals surface area contributed by atoms with E-state index in [-0.39, 0.29) is 0 Å². The summed E-state index contributed by atoms with van der Waals surface area (Å²) in [5, 5.41) is 2.72. The standard InChI is InChI=1S/C18H21N3O3S/c1-13(20-25(2,23)24)18(22)19-15-7-9-16(10-8-15)21-12-11-14-5-3-4-6-17(14)21/h3-10,13,20H,11-12H2,1-2H3,(H,19,22)/t13-/m0/s1. The molecule has 1 atom stereocenters. The average molecular weight is 359 g/mol. The molecule has 1 heterocycles. The monoisotopic (exact) mass is 359 g/mol. The van der Waals surface area contributed by atoms with Crippen LogP contribution in [0.3, 0.4) is 0 Å². The number of nitrogens with zero attached hydrogens (tertiary/aromatic N) is 1. The summed E-state index contributed by atoms with van der Waals surface area (Å²) in [7, 11) is -3.42. The van der Waals surface area contributed by atoms with E-state index in [9.17, 15) is 13.2 Å². The summed E-state index contributed by atoms with van der Waals surface area (Å²) in [6.45, 7) is 2.44. The van der Waals surface area contributed by atoms with E-state index in [1.54, 1.807) is 0 Å². The molecule has 0 aliphatic carbocycles. The SMILES string of the molecule is C[C@H](NS(C)(=O)=O)C(=O)Nc1ccc(N2CCc3ccccc32)cc1. The second-order valence-corrected chi connectivity index (χ2v) is 7.96. The summed E-state index contributed by atoms with van der Waals surface area (Å²) in [4.78, 5) is 14.3. The molecule has 0 saturated carbocycles. The number of hydrogen-bond acceptors (Lipinski definition) is 4. The maximum absolute atomic E-state index is 12.0. The van der Waals surface area contributed by atoms with Crippen LogP contribution in [0.25, 0.3) is 0 Å². The Morgan fingerprint density at radius 1 is 1.12 bits per heavy atom. The number of nitrogens with one attached hydrogen (secondary N) is 2. The molecule has 6 nitrogen and oxygen atoms in total. The van der Waals surface area contributed by atoms with Gasteiger partial charge in [-0.05, 0) is 49.2 Å². The van der Waals surface area contributed by atoms with Crippen LogP contribution in [0, 0.1) is 0 Å². The fraction of sp³-hybridized carbons (Fsp3) is 0.278. The van der Waals surface area contributed by atoms with Gasteiger partial charge in [-0.2, -0.15) is 0 Å². The van der Waals surface area contributed by atoms with Crippen molar-refractivity contribution in [3.8, 4) is 0 Å². The second-order valence-electron chi connectivity index (χ2n) is 6.18. The van der Waals surface area contributed by atoms with E-state index in [0.717, 1.165) is 24.9 Å². The summed E-state index contributed by atoms with van der Waals surface area (Å²) in [6, 6.07) is 15.0. The van der Waals surface area contributed by atoms with E-state index in [0.29, 0.717) is 5.69 Å². The smallest absolute Gasteiger partial charge is 0.242 e. The van der Waals surface area contributed by atoms with Crippen molar-refractivity contribution in [3.63, 3.8) is 0 Å². The summed E-state index contributed by atoms with van der Waals surface area (Å²) in [5.74, 6) is -0.398. The minimum atomic E-state index is -3.42. The van der Waals surface area contributed by atoms with Crippen LogP contribution < -0.4 is 14.9 Å². The number of para-hydroxylation sites is 1. The van der Waals surface area contributed by atoms with Crippen LogP contribution in [0.5, 0.6) is 0 Å². The highest BCUT2D eigenvalue weighted by molar-refractivity contribution is 7.88. The zero-order valence-corrected chi connectivity index (χ0v) is 15.0. The number of fused-ring (bicyclic) bond motifs is 1. The molecular weight excluding hydrogens is 338 g/mol. The Morgan fingerprint density at radius 3 is 2.48 bits per heavy atom. The number of carbonyl (C=O) groups is 1. The van der Waals surface area contributed by atoms with Crippen molar-refractivity contribution < 1.29 is 13.2 Å². The van der Waals surface area contributed by atoms with Gasteiger partial charge in [-0.1, -0.05) is 18.2 Å². The Kier molecular flexibility index (Phi) is 4.78. The Morgan fingerprint density at radius 2 is 1.80 bits per heavy atom. The lowest BCUT2D eigenvalue weighted by Gasteiger charge is -2.20. The number of rotatable bonds is 5. The minimum absolute atomic E-state index is 0.398. The summed E-state index contributed by atoms with van der Waals surface area (Å²) in [5.41, 5.74) is 4.24. The van der Waals surface area contributed by atoms with E-state index in [2.05, 4.69) is 27.1 Å². The number of anilines is 3. The number of hydrogen-bond donors (Lipinski definition) is 2. The minimum Gasteiger partial charge on any atom is -0.341 e. The van der Waals surface area contributed by atoms with E-state index in [1.807, 2.05) is 36.4 Å². The molecule has 132 valence electrons. The van der Waals surface area contributed by atoms with E-state index in [4.69, 9.17) is 0 Å². The highest BCUT2D eigenvalue weighted by Crippen LogP contribution is 2.34. The molecule has 0 radical (unpaired) electrons. The first-order valence-corrected chi connectivity index (χ1v) is 9.96. The van der Waals surface area contributed by atoms with Crippen molar-refractivity contribution in [3.05, 3.63) is 54.1 Å². The van der Waals surface area contributed by atoms with Crippen molar-refractivity contribution in [1.82, 2.24) is 4.72 Å². The van der Waals surface area contributed by atoms with Crippen molar-refractivity contribution in [1.29, 1.82) is 0 Å². The third-order valence-corrected chi connectivity index (χ3v) is 4.90. The third-order valence-electron chi connectivity index (χ3n) is 4.12. The van der Waals surface area contributed by atoms with Crippen LogP contribution in [-0.4, -0.2) is 33.2 Å². The van der Waals surface area contributed by atoms with Crippen molar-refractivity contribution >= 4 is 33.0 Å². The lowest BCUT2D eigenvalue weighted by Crippen LogP contribution is -2.40. The van der Waals surface area contributed by atoms with E-state index < -0.39 is 22.0 Å². The number of sulfonamides is 1. The molecule has 0 bridgehead atoms. The normalized spacial score (nSPS) is 14.9. The molecule has 2 aromatic rings. The van der Waals surface area contributed by atoms with Crippen LogP contribution in [-0.2, 0) is 21.2 Å². The van der Waals surface area contributed by atoms with E-state index >= 15 is 0 Å². The Hall–Kier alpha value is -2.38. The van der Waals surface area contributed by atoms with E-state index in [1.165, 1.54) is 18.2 Å². The Bertz CT molecular complexity index is 879. The lowest BCUT2D eigenvalue weighted by atomic mass is 10.2. The molecule has 0 unspecified atom stereocenters. The van der Waals surface area contributed by atoms with Gasteiger partial charge in [0, 0.05) is 23.6 Å². The van der Waals surface area contributed by atoms with Gasteiger partial charge >= 0.3 is 0 Å². The van der Waals surface area contributed by atoms with Gasteiger partial charge in [-0.3, -0.25) is 4.79 Å². The number of benzene rings is 2. The summed E-state index contributed by atoms with van der Waals surface area (Å²) >= 11 is 0. The fourth-order valence-corrected chi connectivity index (χ4v) is 3.71. The zero-order valence-electron chi connectivity index (χ0n) is 14.2. The van der Waals surface area contributed by atoms with Crippen molar-refractivity contribution in [2.75, 3.05) is 23.0 Å². The summed E-state index contributed by atoms with van der Waals surface area (Å²) < 4.78 is 24.6. The highest BCUT2D eigenvalue weighted by atomic mass is 32.2. The molecule has 7 heteroatoms. The lowest BCUT2D eigenvalue weighted by molar-refractivity contribution is -0.117. The van der Waals surface area contributed by atoms with Gasteiger partial charge in [-0.25, -0.2) is 13.1 Å². The summed E-state index contributed by atoms with van der Waals surface area (Å²) in [6.07, 6.45) is 2.04. The third kappa shape index (κ3) is 4.18. The van der Waals surface area contributed by atoms with Crippen LogP contribution >= 0.6 is 0 Å². The zero-order chi connectivity index (χ0) is 18.0. The van der Waals surface area contributed by atoms with Crippen LogP contribution in [0.1, 0.15) is 12.5 Å². The first-order valence-electron chi connectivity index (χ1n) is 8.07. The van der Waals surface area contributed by atoms with Crippen LogP contribution in [0.15, 0.2) is 48.5 Å². The molecule has 2 aromatic carbocycles.